The molecule has 10 heteroatoms. The van der Waals surface area contributed by atoms with Crippen molar-refractivity contribution in [3.63, 3.8) is 0 Å². The highest BCUT2D eigenvalue weighted by Gasteiger charge is 2.42. The van der Waals surface area contributed by atoms with Gasteiger partial charge in [-0.1, -0.05) is 48.5 Å². The van der Waals surface area contributed by atoms with Crippen LogP contribution < -0.4 is 0 Å². The summed E-state index contributed by atoms with van der Waals surface area (Å²) in [6, 6.07) is 23.1. The maximum absolute atomic E-state index is 16.1. The van der Waals surface area contributed by atoms with Crippen molar-refractivity contribution in [3.8, 4) is 22.5 Å². The summed E-state index contributed by atoms with van der Waals surface area (Å²) < 4.78 is 127. The number of benzene rings is 6. The van der Waals surface area contributed by atoms with Crippen molar-refractivity contribution in [1.82, 2.24) is 9.13 Å². The highest BCUT2D eigenvalue weighted by molar-refractivity contribution is 6.12. The minimum Gasteiger partial charge on any atom is -0.309 e. The van der Waals surface area contributed by atoms with E-state index in [1.807, 2.05) is 24.3 Å². The van der Waals surface area contributed by atoms with E-state index in [1.165, 1.54) is 9.13 Å². The Hall–Kier alpha value is -5.64. The number of alkyl halides is 3. The zero-order valence-corrected chi connectivity index (χ0v) is 27.5. The number of hydrogen-bond acceptors (Lipinski definition) is 0. The summed E-state index contributed by atoms with van der Waals surface area (Å²) in [6.07, 6.45) is -5.22. The van der Waals surface area contributed by atoms with Crippen molar-refractivity contribution >= 4 is 43.6 Å². The molecular formula is C41H26F8N2. The van der Waals surface area contributed by atoms with E-state index in [0.717, 1.165) is 23.3 Å². The summed E-state index contributed by atoms with van der Waals surface area (Å²) in [6.45, 7) is 7.08. The van der Waals surface area contributed by atoms with Crippen molar-refractivity contribution in [3.05, 3.63) is 142 Å². The van der Waals surface area contributed by atoms with Crippen molar-refractivity contribution < 1.29 is 35.1 Å². The molecule has 2 aromatic heterocycles. The summed E-state index contributed by atoms with van der Waals surface area (Å²) in [5.41, 5.74) is -0.565. The largest absolute Gasteiger partial charge is 0.420 e. The first-order valence-electron chi connectivity index (χ1n) is 16.0. The predicted octanol–water partition coefficient (Wildman–Crippen LogP) is 12.5. The molecule has 2 heterocycles. The Morgan fingerprint density at radius 2 is 0.784 bits per heavy atom. The lowest BCUT2D eigenvalue weighted by Gasteiger charge is -2.25. The molecule has 2 nitrogen and oxygen atoms in total. The first-order chi connectivity index (χ1) is 24.2. The molecule has 0 bridgehead atoms. The number of halogens is 8. The summed E-state index contributed by atoms with van der Waals surface area (Å²) in [5, 5.41) is 2.38. The number of nitrogens with zero attached hydrogens (tertiary/aromatic N) is 2. The molecule has 0 aliphatic carbocycles. The first kappa shape index (κ1) is 32.6. The monoisotopic (exact) mass is 698 g/mol. The molecule has 0 atom stereocenters. The second-order valence-corrected chi connectivity index (χ2v) is 13.1. The predicted molar refractivity (Wildman–Crippen MR) is 184 cm³/mol. The van der Waals surface area contributed by atoms with E-state index >= 15 is 22.0 Å². The van der Waals surface area contributed by atoms with Crippen LogP contribution in [0.3, 0.4) is 0 Å². The van der Waals surface area contributed by atoms with Gasteiger partial charge in [-0.2, -0.15) is 13.2 Å². The van der Waals surface area contributed by atoms with E-state index in [1.54, 1.807) is 76.2 Å². The smallest absolute Gasteiger partial charge is 0.309 e. The molecule has 8 rings (SSSR count). The van der Waals surface area contributed by atoms with Crippen LogP contribution in [0.2, 0.25) is 0 Å². The maximum Gasteiger partial charge on any atom is 0.420 e. The SMILES string of the molecule is Cc1ccc2c3ccc(C)cc3n(-c3ccc(-c4c(F)c(F)c(F)c(F)c4F)c(-n4c5cc(C)ccc5c5ccc(C)cc54)c3C(F)(F)F)c2c1. The fourth-order valence-electron chi connectivity index (χ4n) is 7.30. The van der Waals surface area contributed by atoms with Crippen LogP contribution in [-0.4, -0.2) is 9.13 Å². The molecule has 0 N–H and O–H groups in total. The summed E-state index contributed by atoms with van der Waals surface area (Å²) in [5.74, 6) is -11.4. The van der Waals surface area contributed by atoms with Gasteiger partial charge in [-0.3, -0.25) is 0 Å². The molecule has 0 saturated carbocycles. The lowest BCUT2D eigenvalue weighted by atomic mass is 9.95. The van der Waals surface area contributed by atoms with E-state index < -0.39 is 63.3 Å². The zero-order chi connectivity index (χ0) is 36.3. The van der Waals surface area contributed by atoms with E-state index in [4.69, 9.17) is 0 Å². The average molecular weight is 699 g/mol. The van der Waals surface area contributed by atoms with Crippen LogP contribution in [0.15, 0.2) is 84.9 Å². The average Bonchev–Trinajstić information content (AvgIpc) is 3.56. The normalized spacial score (nSPS) is 12.3. The van der Waals surface area contributed by atoms with Gasteiger partial charge in [0.15, 0.2) is 23.3 Å². The van der Waals surface area contributed by atoms with Crippen LogP contribution in [0.4, 0.5) is 35.1 Å². The Morgan fingerprint density at radius 3 is 1.16 bits per heavy atom. The van der Waals surface area contributed by atoms with Crippen molar-refractivity contribution in [2.75, 3.05) is 0 Å². The van der Waals surface area contributed by atoms with E-state index in [-0.39, 0.29) is 11.0 Å². The summed E-state index contributed by atoms with van der Waals surface area (Å²) in [4.78, 5) is 0. The van der Waals surface area contributed by atoms with Crippen LogP contribution in [0, 0.1) is 56.8 Å². The molecular weight excluding hydrogens is 672 g/mol. The van der Waals surface area contributed by atoms with Crippen LogP contribution in [0.1, 0.15) is 27.8 Å². The number of rotatable bonds is 3. The molecule has 0 aliphatic rings. The molecule has 0 amide bonds. The number of hydrogen-bond donors (Lipinski definition) is 0. The minimum absolute atomic E-state index is 0.247. The fraction of sp³-hybridized carbons (Fsp3) is 0.122. The molecule has 6 aromatic carbocycles. The lowest BCUT2D eigenvalue weighted by Crippen LogP contribution is -2.17. The summed E-state index contributed by atoms with van der Waals surface area (Å²) >= 11 is 0. The number of aryl methyl sites for hydroxylation is 4. The number of fused-ring (bicyclic) bond motifs is 6. The van der Waals surface area contributed by atoms with Crippen molar-refractivity contribution in [2.45, 2.75) is 33.9 Å². The lowest BCUT2D eigenvalue weighted by molar-refractivity contribution is -0.137. The van der Waals surface area contributed by atoms with Gasteiger partial charge in [-0.15, -0.1) is 0 Å². The van der Waals surface area contributed by atoms with Crippen LogP contribution in [-0.2, 0) is 6.18 Å². The molecule has 0 spiro atoms. The standard InChI is InChI=1S/C41H26F8N2/c1-19-5-9-23-24-10-6-20(2)16-30(24)50(29(23)15-19)28-14-13-27(33-35(42)37(44)39(46)38(45)36(33)43)40(34(28)41(47,48)49)51-31-17-21(3)7-11-25(31)26-12-8-22(4)18-32(26)51/h5-18H,1-4H3. The van der Waals surface area contributed by atoms with Crippen molar-refractivity contribution in [1.29, 1.82) is 0 Å². The Morgan fingerprint density at radius 1 is 0.431 bits per heavy atom. The van der Waals surface area contributed by atoms with Gasteiger partial charge in [-0.25, -0.2) is 22.0 Å². The second-order valence-electron chi connectivity index (χ2n) is 13.1. The van der Waals surface area contributed by atoms with Gasteiger partial charge in [0.25, 0.3) is 0 Å². The van der Waals surface area contributed by atoms with Gasteiger partial charge in [0.2, 0.25) is 5.82 Å². The third-order valence-electron chi connectivity index (χ3n) is 9.54. The van der Waals surface area contributed by atoms with E-state index in [9.17, 15) is 13.2 Å². The van der Waals surface area contributed by atoms with Gasteiger partial charge in [0.05, 0.1) is 39.0 Å². The van der Waals surface area contributed by atoms with Gasteiger partial charge in [0.1, 0.15) is 5.56 Å². The van der Waals surface area contributed by atoms with Crippen molar-refractivity contribution in [2.24, 2.45) is 0 Å². The molecule has 8 aromatic rings. The summed E-state index contributed by atoms with van der Waals surface area (Å²) in [7, 11) is 0. The Bertz CT molecular complexity index is 2640. The molecule has 51 heavy (non-hydrogen) atoms. The van der Waals surface area contributed by atoms with Gasteiger partial charge < -0.3 is 9.13 Å². The molecule has 0 aliphatic heterocycles. The zero-order valence-electron chi connectivity index (χ0n) is 27.5. The topological polar surface area (TPSA) is 9.86 Å². The molecule has 256 valence electrons. The van der Waals surface area contributed by atoms with Gasteiger partial charge in [-0.05, 0) is 86.3 Å². The highest BCUT2D eigenvalue weighted by Crippen LogP contribution is 2.49. The maximum atomic E-state index is 16.1. The van der Waals surface area contributed by atoms with Crippen LogP contribution in [0.25, 0.3) is 66.1 Å². The Labute approximate surface area is 285 Å². The van der Waals surface area contributed by atoms with Gasteiger partial charge in [0, 0.05) is 27.1 Å². The first-order valence-corrected chi connectivity index (χ1v) is 16.0. The molecule has 0 radical (unpaired) electrons. The highest BCUT2D eigenvalue weighted by atomic mass is 19.4. The fourth-order valence-corrected chi connectivity index (χ4v) is 7.30. The molecule has 0 saturated heterocycles. The Kier molecular flexibility index (Phi) is 7.14. The van der Waals surface area contributed by atoms with Crippen LogP contribution in [0.5, 0.6) is 0 Å². The van der Waals surface area contributed by atoms with E-state index in [2.05, 4.69) is 0 Å². The van der Waals surface area contributed by atoms with Gasteiger partial charge >= 0.3 is 6.18 Å². The minimum atomic E-state index is -5.22. The quantitative estimate of drug-likeness (QED) is 0.0988. The second kappa shape index (κ2) is 11.2. The molecule has 0 fully saturated rings. The third-order valence-corrected chi connectivity index (χ3v) is 9.54. The van der Waals surface area contributed by atoms with Crippen LogP contribution >= 0.6 is 0 Å². The van der Waals surface area contributed by atoms with E-state index in [0.29, 0.717) is 43.7 Å². The molecule has 0 unspecified atom stereocenters. The number of aromatic nitrogens is 2. The Balaban J connectivity index is 1.67. The third kappa shape index (κ3) is 4.76.